The Morgan fingerprint density at radius 1 is 0.723 bits per heavy atom. The zero-order valence-corrected chi connectivity index (χ0v) is 76.8. The number of oxime groups is 1. The fourth-order valence-corrected chi connectivity index (χ4v) is 19.2. The number of aliphatic hydroxyl groups is 4. The maximum absolute atomic E-state index is 14.8. The number of amides is 3. The highest BCUT2D eigenvalue weighted by atomic mass is 16.6. The third kappa shape index (κ3) is 24.2. The van der Waals surface area contributed by atoms with E-state index in [9.17, 15) is 49.2 Å². The molecule has 16 atom stereocenters. The number of aliphatic hydroxyl groups excluding tert-OH is 3. The van der Waals surface area contributed by atoms with Crippen LogP contribution in [0.2, 0.25) is 0 Å². The molecule has 1 saturated carbocycles. The van der Waals surface area contributed by atoms with E-state index in [1.165, 1.54) is 18.3 Å². The van der Waals surface area contributed by atoms with Gasteiger partial charge in [-0.3, -0.25) is 28.9 Å². The Morgan fingerprint density at radius 2 is 1.45 bits per heavy atom. The minimum Gasteiger partial charge on any atom is -0.460 e. The van der Waals surface area contributed by atoms with Gasteiger partial charge in [-0.15, -0.1) is 0 Å². The second-order valence-electron chi connectivity index (χ2n) is 36.5. The molecule has 3 amide bonds. The topological polar surface area (TPSA) is 453 Å². The van der Waals surface area contributed by atoms with Gasteiger partial charge >= 0.3 is 5.97 Å². The van der Waals surface area contributed by atoms with Gasteiger partial charge in [0.05, 0.1) is 72.9 Å². The van der Waals surface area contributed by atoms with Crippen molar-refractivity contribution in [3.8, 4) is 11.3 Å². The van der Waals surface area contributed by atoms with Crippen LogP contribution in [0, 0.1) is 35.5 Å². The van der Waals surface area contributed by atoms with Crippen molar-refractivity contribution in [1.29, 1.82) is 0 Å². The molecule has 1 aromatic carbocycles. The molecule has 36 heteroatoms. The quantitative estimate of drug-likeness (QED) is 0.0116. The molecule has 13 rings (SSSR count). The van der Waals surface area contributed by atoms with Crippen molar-refractivity contribution >= 4 is 86.8 Å². The summed E-state index contributed by atoms with van der Waals surface area (Å²) < 4.78 is 43.8. The molecule has 0 spiro atoms. The number of ether oxygens (including phenoxy) is 6. The van der Waals surface area contributed by atoms with Gasteiger partial charge in [0.25, 0.3) is 23.6 Å². The number of carbonyl (C=O) groups is 6. The van der Waals surface area contributed by atoms with E-state index in [4.69, 9.17) is 54.2 Å². The summed E-state index contributed by atoms with van der Waals surface area (Å²) in [5.41, 5.74) is 18.2. The van der Waals surface area contributed by atoms with E-state index in [0.717, 1.165) is 29.8 Å². The molecule has 130 heavy (non-hydrogen) atoms. The number of allylic oxidation sites excluding steroid dienone is 5. The molecule has 1 aliphatic carbocycles. The smallest absolute Gasteiger partial charge is 0.329 e. The van der Waals surface area contributed by atoms with E-state index in [1.54, 1.807) is 71.9 Å². The number of likely N-dealkylation sites (tertiary alicyclic amines) is 1. The molecular formula is C94H132N18O18. The van der Waals surface area contributed by atoms with Crippen LogP contribution in [0.5, 0.6) is 0 Å². The number of piperidine rings is 2. The van der Waals surface area contributed by atoms with E-state index in [2.05, 4.69) is 56.8 Å². The number of benzene rings is 1. The number of hydrogen-bond donors (Lipinski definition) is 6. The van der Waals surface area contributed by atoms with Crippen molar-refractivity contribution in [2.24, 2.45) is 40.7 Å². The van der Waals surface area contributed by atoms with Gasteiger partial charge in [0.15, 0.2) is 23.6 Å². The lowest BCUT2D eigenvalue weighted by Crippen LogP contribution is -2.61. The molecular weight excluding hydrogens is 1670 g/mol. The number of esters is 1. The third-order valence-electron chi connectivity index (χ3n) is 27.2. The molecule has 5 saturated heterocycles. The maximum atomic E-state index is 14.8. The average molecular weight is 1800 g/mol. The fraction of sp³-hybridized carbons (Fsp3) is 0.628. The highest BCUT2D eigenvalue weighted by Gasteiger charge is 2.53. The third-order valence-corrected chi connectivity index (χ3v) is 27.2. The number of piperazine rings is 2. The average Bonchev–Trinajstić information content (AvgIpc) is 1.58. The van der Waals surface area contributed by atoms with Gasteiger partial charge in [0, 0.05) is 167 Å². The van der Waals surface area contributed by atoms with Gasteiger partial charge in [-0.1, -0.05) is 76.2 Å². The number of hydrogen-bond acceptors (Lipinski definition) is 32. The first kappa shape index (κ1) is 97.4. The summed E-state index contributed by atoms with van der Waals surface area (Å²) >= 11 is 0. The van der Waals surface area contributed by atoms with Crippen LogP contribution in [0.3, 0.4) is 0 Å². The van der Waals surface area contributed by atoms with Crippen LogP contribution in [0.25, 0.3) is 33.4 Å². The van der Waals surface area contributed by atoms with Crippen LogP contribution < -0.4 is 21.3 Å². The Bertz CT molecular complexity index is 4980. The molecule has 11 heterocycles. The normalized spacial score (nSPS) is 29.4. The zero-order chi connectivity index (χ0) is 92.5. The summed E-state index contributed by atoms with van der Waals surface area (Å²) in [5, 5.41) is 57.7. The van der Waals surface area contributed by atoms with Crippen molar-refractivity contribution in [3.63, 3.8) is 0 Å². The number of ketones is 2. The number of fused-ring (bicyclic) bond motifs is 5. The molecule has 2 bridgehead atoms. The number of methoxy groups -OCH3 is 3. The predicted molar refractivity (Wildman–Crippen MR) is 486 cm³/mol. The Kier molecular flexibility index (Phi) is 33.9. The van der Waals surface area contributed by atoms with Crippen LogP contribution in [0.1, 0.15) is 173 Å². The molecule has 0 unspecified atom stereocenters. The zero-order valence-electron chi connectivity index (χ0n) is 76.8. The number of nitrogens with zero attached hydrogens (tertiary/aromatic N) is 16. The van der Waals surface area contributed by atoms with Gasteiger partial charge in [0.2, 0.25) is 23.6 Å². The minimum absolute atomic E-state index is 0.0176. The van der Waals surface area contributed by atoms with Crippen LogP contribution in [0.4, 0.5) is 23.7 Å². The Balaban J connectivity index is 0.560. The summed E-state index contributed by atoms with van der Waals surface area (Å²) in [7, 11) is 4.62. The summed E-state index contributed by atoms with van der Waals surface area (Å²) in [6, 6.07) is 4.39. The van der Waals surface area contributed by atoms with E-state index in [-0.39, 0.29) is 105 Å². The van der Waals surface area contributed by atoms with Gasteiger partial charge in [-0.25, -0.2) is 39.4 Å². The van der Waals surface area contributed by atoms with Crippen molar-refractivity contribution in [2.75, 3.05) is 141 Å². The minimum atomic E-state index is -2.47. The molecule has 0 radical (unpaired) electrons. The maximum Gasteiger partial charge on any atom is 0.329 e. The number of Topliss-reactive ketones (excluding diaryl/α,β-unsaturated/α-hetero) is 2. The van der Waals surface area contributed by atoms with Gasteiger partial charge < -0.3 is 94.1 Å². The SMILES string of the molecule is CO[C@H]1C[C@@H]2CC[C@@H](C)[C@@](O)(O2)C(=O)C(=O)N2CCCC[C@H]2C(=O)O[C@H]([C@H](C)C[C@@H]2CC[C@@H](O)[C@H](OC)C2)C[C@@H](O)[C@H](C)/C=C(\C)[C@@H](O)[C@@H](OC)C(=NOCC(=O)CCc2cnc(N3CCN(C(=O)CCOCCN4CCN(c5ncc(C(=O)N6CCC(n7nc(-c8ccc9oc(N)nc9c8)c8c(N)ncnc87)CC6)cn5)CC4)CC3)nc2)[C@H](C)C[C@H](C)/C=C/C=C/C=C/1C. The summed E-state index contributed by atoms with van der Waals surface area (Å²) in [6.07, 6.45) is 20.3. The van der Waals surface area contributed by atoms with Gasteiger partial charge in [-0.05, 0) is 150 Å². The molecule has 7 aliphatic rings. The van der Waals surface area contributed by atoms with Crippen molar-refractivity contribution in [3.05, 3.63) is 108 Å². The lowest BCUT2D eigenvalue weighted by Gasteiger charge is -2.43. The van der Waals surface area contributed by atoms with Crippen molar-refractivity contribution in [2.45, 2.75) is 224 Å². The van der Waals surface area contributed by atoms with Crippen LogP contribution in [0.15, 0.2) is 106 Å². The van der Waals surface area contributed by atoms with E-state index >= 15 is 0 Å². The molecule has 706 valence electrons. The number of oxazole rings is 1. The molecule has 6 fully saturated rings. The Labute approximate surface area is 759 Å². The second-order valence-corrected chi connectivity index (χ2v) is 36.5. The van der Waals surface area contributed by atoms with E-state index in [0.29, 0.717) is 212 Å². The lowest BCUT2D eigenvalue weighted by atomic mass is 9.78. The van der Waals surface area contributed by atoms with Crippen molar-refractivity contribution in [1.82, 2.24) is 64.3 Å². The van der Waals surface area contributed by atoms with Gasteiger partial charge in [0.1, 0.15) is 47.7 Å². The van der Waals surface area contributed by atoms with Gasteiger partial charge in [-0.2, -0.15) is 10.1 Å². The van der Waals surface area contributed by atoms with Crippen molar-refractivity contribution < 1.29 is 86.9 Å². The standard InChI is InChI=1S/C94H132N18O18/c1-57-16-12-11-13-17-58(2)76(123-8)49-70-24-19-63(7)94(122,130-70)85(118)89(120)111-30-15-14-18-72(111)90(121)128-77(60(4)46-64-21-25-73(114)78(47-64)124-9)50-74(115)59(3)45-62(6)83(117)84(125-10)81(61(5)44-57)105-127-55-69(113)23-20-65-51-97-92(98-52-65)110-39-37-107(38-40-110)79(116)29-42-126-43-41-106-33-35-109(36-34-106)93-99-53-67(54-100-93)88(119)108-31-27-68(28-32-108)112-87-80(86(95)101-56-102-87)82(104-112)66-22-26-75-71(48-66)103-91(96)129-75/h11-13,16-17,22,26,45,48,51-54,56-57,59-61,63-64,68,70,72-74,76-78,83-84,114-115,117,122H,14-15,18-21,23-25,27-44,46-47,49-50,55H2,1-10H3,(H2,96,103)(H2,95,101,102)/b13-11+,16-12+,58-17+,62-45+,105-81?/t57-,59-,60-,61-,63-,64+,70+,72+,73-,74-,76+,77+,78-,83-,84+,94-/m1/s1. The molecule has 6 aromatic rings. The number of cyclic esters (lactones) is 1. The number of nitrogen functional groups attached to an aromatic ring is 2. The first-order valence-corrected chi connectivity index (χ1v) is 46.2. The predicted octanol–water partition coefficient (Wildman–Crippen LogP) is 8.02. The number of aryl methyl sites for hydroxylation is 1. The monoisotopic (exact) mass is 1800 g/mol. The first-order valence-electron chi connectivity index (χ1n) is 46.2. The first-order chi connectivity index (χ1) is 62.6. The molecule has 36 nitrogen and oxygen atoms in total. The number of carbonyl (C=O) groups excluding carboxylic acids is 6. The molecule has 8 N–H and O–H groups in total. The fourth-order valence-electron chi connectivity index (χ4n) is 19.2. The highest BCUT2D eigenvalue weighted by Crippen LogP contribution is 2.41. The Hall–Kier alpha value is -10.2. The second kappa shape index (κ2) is 45.3. The van der Waals surface area contributed by atoms with Crippen LogP contribution in [-0.2, 0) is 63.7 Å². The number of anilines is 4. The lowest BCUT2D eigenvalue weighted by molar-refractivity contribution is -0.265. The largest absolute Gasteiger partial charge is 0.460 e. The highest BCUT2D eigenvalue weighted by molar-refractivity contribution is 6.39. The summed E-state index contributed by atoms with van der Waals surface area (Å²) in [5.74, 6) is -6.35. The number of aromatic nitrogens is 9. The van der Waals surface area contributed by atoms with E-state index in [1.807, 2.05) is 82.7 Å². The van der Waals surface area contributed by atoms with Crippen LogP contribution >= 0.6 is 0 Å². The summed E-state index contributed by atoms with van der Waals surface area (Å²) in [6.45, 7) is 20.3. The number of rotatable bonds is 23. The molecule has 6 aliphatic heterocycles. The number of nitrogens with two attached hydrogens (primary N) is 2. The van der Waals surface area contributed by atoms with Crippen LogP contribution in [-0.4, -0.2) is 306 Å². The Morgan fingerprint density at radius 3 is 2.16 bits per heavy atom. The summed E-state index contributed by atoms with van der Waals surface area (Å²) in [4.78, 5) is 134. The molecule has 5 aromatic heterocycles. The van der Waals surface area contributed by atoms with E-state index < -0.39 is 84.1 Å².